The van der Waals surface area contributed by atoms with Crippen LogP contribution < -0.4 is 19.5 Å². The Kier molecular flexibility index (Phi) is 3.51. The minimum Gasteiger partial charge on any atom is -0.481 e. The van der Waals surface area contributed by atoms with Gasteiger partial charge in [0.15, 0.2) is 11.5 Å². The van der Waals surface area contributed by atoms with Crippen LogP contribution in [-0.4, -0.2) is 23.9 Å². The van der Waals surface area contributed by atoms with E-state index >= 15 is 0 Å². The van der Waals surface area contributed by atoms with Gasteiger partial charge in [0, 0.05) is 12.1 Å². The molecule has 1 aliphatic rings. The number of methoxy groups -OCH3 is 1. The van der Waals surface area contributed by atoms with Crippen molar-refractivity contribution in [2.45, 2.75) is 20.4 Å². The normalized spacial score (nSPS) is 12.3. The summed E-state index contributed by atoms with van der Waals surface area (Å²) in [6.07, 6.45) is 0. The first-order chi connectivity index (χ1) is 10.2. The van der Waals surface area contributed by atoms with E-state index in [1.54, 1.807) is 7.11 Å². The van der Waals surface area contributed by atoms with Crippen LogP contribution in [0.2, 0.25) is 0 Å². The molecule has 3 rings (SSSR count). The second kappa shape index (κ2) is 5.47. The number of nitrogens with one attached hydrogen (secondary N) is 1. The standard InChI is InChI=1S/C15H17N3O3/c1-9-14(17-10(2)18-15(9)19-3)16-7-11-5-4-6-12-13(11)21-8-20-12/h4-6H,7-8H2,1-3H3,(H,16,17,18). The highest BCUT2D eigenvalue weighted by molar-refractivity contribution is 5.52. The summed E-state index contributed by atoms with van der Waals surface area (Å²) >= 11 is 0. The molecule has 2 heterocycles. The highest BCUT2D eigenvalue weighted by Crippen LogP contribution is 2.35. The predicted molar refractivity (Wildman–Crippen MR) is 77.9 cm³/mol. The van der Waals surface area contributed by atoms with Gasteiger partial charge in [-0.1, -0.05) is 12.1 Å². The van der Waals surface area contributed by atoms with Crippen molar-refractivity contribution in [2.24, 2.45) is 0 Å². The molecule has 0 radical (unpaired) electrons. The Morgan fingerprint density at radius 2 is 2.10 bits per heavy atom. The third-order valence-electron chi connectivity index (χ3n) is 3.33. The van der Waals surface area contributed by atoms with Crippen LogP contribution in [0.1, 0.15) is 17.0 Å². The molecule has 0 unspecified atom stereocenters. The van der Waals surface area contributed by atoms with E-state index in [0.29, 0.717) is 18.2 Å². The largest absolute Gasteiger partial charge is 0.481 e. The van der Waals surface area contributed by atoms with Crippen molar-refractivity contribution in [3.8, 4) is 17.4 Å². The van der Waals surface area contributed by atoms with Crippen molar-refractivity contribution in [3.05, 3.63) is 35.2 Å². The van der Waals surface area contributed by atoms with Gasteiger partial charge in [-0.2, -0.15) is 4.98 Å². The maximum Gasteiger partial charge on any atom is 0.231 e. The Hall–Kier alpha value is -2.50. The topological polar surface area (TPSA) is 65.5 Å². The van der Waals surface area contributed by atoms with Crippen LogP contribution in [0.3, 0.4) is 0 Å². The van der Waals surface area contributed by atoms with Crippen molar-refractivity contribution in [1.29, 1.82) is 0 Å². The van der Waals surface area contributed by atoms with E-state index in [0.717, 1.165) is 28.4 Å². The van der Waals surface area contributed by atoms with Crippen LogP contribution in [0.4, 0.5) is 5.82 Å². The van der Waals surface area contributed by atoms with Crippen LogP contribution in [0.5, 0.6) is 17.4 Å². The van der Waals surface area contributed by atoms with Gasteiger partial charge in [0.25, 0.3) is 0 Å². The molecule has 1 aromatic heterocycles. The first-order valence-electron chi connectivity index (χ1n) is 6.69. The molecule has 2 aromatic rings. The van der Waals surface area contributed by atoms with Crippen LogP contribution in [0.15, 0.2) is 18.2 Å². The molecule has 0 amide bonds. The van der Waals surface area contributed by atoms with E-state index in [1.807, 2.05) is 32.0 Å². The molecule has 0 bridgehead atoms. The molecule has 21 heavy (non-hydrogen) atoms. The summed E-state index contributed by atoms with van der Waals surface area (Å²) in [4.78, 5) is 8.66. The lowest BCUT2D eigenvalue weighted by molar-refractivity contribution is 0.173. The van der Waals surface area contributed by atoms with Crippen LogP contribution in [-0.2, 0) is 6.54 Å². The van der Waals surface area contributed by atoms with E-state index in [2.05, 4.69) is 15.3 Å². The smallest absolute Gasteiger partial charge is 0.231 e. The van der Waals surface area contributed by atoms with E-state index in [1.165, 1.54) is 0 Å². The van der Waals surface area contributed by atoms with Gasteiger partial charge in [-0.25, -0.2) is 4.98 Å². The fraction of sp³-hybridized carbons (Fsp3) is 0.333. The number of anilines is 1. The molecule has 1 N–H and O–H groups in total. The highest BCUT2D eigenvalue weighted by atomic mass is 16.7. The summed E-state index contributed by atoms with van der Waals surface area (Å²) < 4.78 is 16.1. The summed E-state index contributed by atoms with van der Waals surface area (Å²) in [5.41, 5.74) is 1.91. The SMILES string of the molecule is COc1nc(C)nc(NCc2cccc3c2OCO3)c1C. The monoisotopic (exact) mass is 287 g/mol. The molecular formula is C15H17N3O3. The lowest BCUT2D eigenvalue weighted by atomic mass is 10.2. The second-order valence-electron chi connectivity index (χ2n) is 4.76. The first kappa shape index (κ1) is 13.5. The summed E-state index contributed by atoms with van der Waals surface area (Å²) in [6, 6.07) is 5.85. The molecule has 6 nitrogen and oxygen atoms in total. The fourth-order valence-corrected chi connectivity index (χ4v) is 2.28. The predicted octanol–water partition coefficient (Wildman–Crippen LogP) is 2.44. The maximum atomic E-state index is 5.50. The maximum absolute atomic E-state index is 5.50. The van der Waals surface area contributed by atoms with Crippen LogP contribution in [0.25, 0.3) is 0 Å². The zero-order valence-electron chi connectivity index (χ0n) is 12.3. The van der Waals surface area contributed by atoms with E-state index in [-0.39, 0.29) is 6.79 Å². The molecule has 0 aliphatic carbocycles. The Morgan fingerprint density at radius 1 is 1.24 bits per heavy atom. The molecule has 0 spiro atoms. The third kappa shape index (κ3) is 2.56. The zero-order chi connectivity index (χ0) is 14.8. The summed E-state index contributed by atoms with van der Waals surface area (Å²) in [7, 11) is 1.60. The molecule has 1 aliphatic heterocycles. The fourth-order valence-electron chi connectivity index (χ4n) is 2.28. The quantitative estimate of drug-likeness (QED) is 0.931. The molecule has 0 atom stereocenters. The number of hydrogen-bond donors (Lipinski definition) is 1. The van der Waals surface area contributed by atoms with Gasteiger partial charge in [-0.15, -0.1) is 0 Å². The van der Waals surface area contributed by atoms with Gasteiger partial charge in [-0.05, 0) is 19.9 Å². The molecular weight excluding hydrogens is 270 g/mol. The van der Waals surface area contributed by atoms with Crippen molar-refractivity contribution >= 4 is 5.82 Å². The second-order valence-corrected chi connectivity index (χ2v) is 4.76. The van der Waals surface area contributed by atoms with E-state index in [4.69, 9.17) is 14.2 Å². The van der Waals surface area contributed by atoms with Gasteiger partial charge >= 0.3 is 0 Å². The number of hydrogen-bond acceptors (Lipinski definition) is 6. The summed E-state index contributed by atoms with van der Waals surface area (Å²) in [5.74, 6) is 3.58. The summed E-state index contributed by atoms with van der Waals surface area (Å²) in [6.45, 7) is 4.62. The average Bonchev–Trinajstić information content (AvgIpc) is 2.96. The number of rotatable bonds is 4. The molecule has 0 fully saturated rings. The van der Waals surface area contributed by atoms with Crippen molar-refractivity contribution in [3.63, 3.8) is 0 Å². The minimum atomic E-state index is 0.270. The number of para-hydroxylation sites is 1. The first-order valence-corrected chi connectivity index (χ1v) is 6.69. The van der Waals surface area contributed by atoms with E-state index < -0.39 is 0 Å². The van der Waals surface area contributed by atoms with Crippen LogP contribution >= 0.6 is 0 Å². The van der Waals surface area contributed by atoms with Gasteiger partial charge < -0.3 is 19.5 Å². The van der Waals surface area contributed by atoms with E-state index in [9.17, 15) is 0 Å². The molecule has 6 heteroatoms. The van der Waals surface area contributed by atoms with Crippen molar-refractivity contribution in [2.75, 3.05) is 19.2 Å². The Balaban J connectivity index is 1.83. The van der Waals surface area contributed by atoms with Gasteiger partial charge in [0.05, 0.1) is 12.7 Å². The third-order valence-corrected chi connectivity index (χ3v) is 3.33. The number of nitrogens with zero attached hydrogens (tertiary/aromatic N) is 2. The van der Waals surface area contributed by atoms with Gasteiger partial charge in [0.1, 0.15) is 11.6 Å². The number of benzene rings is 1. The highest BCUT2D eigenvalue weighted by Gasteiger charge is 2.17. The molecule has 0 saturated heterocycles. The number of ether oxygens (including phenoxy) is 3. The van der Waals surface area contributed by atoms with Crippen molar-refractivity contribution in [1.82, 2.24) is 9.97 Å². The summed E-state index contributed by atoms with van der Waals surface area (Å²) in [5, 5.41) is 3.31. The van der Waals surface area contributed by atoms with Crippen molar-refractivity contribution < 1.29 is 14.2 Å². The Labute approximate surface area is 123 Å². The number of fused-ring (bicyclic) bond motifs is 1. The lowest BCUT2D eigenvalue weighted by Gasteiger charge is -2.13. The van der Waals surface area contributed by atoms with Gasteiger partial charge in [0.2, 0.25) is 12.7 Å². The zero-order valence-corrected chi connectivity index (χ0v) is 12.3. The molecule has 0 saturated carbocycles. The van der Waals surface area contributed by atoms with Gasteiger partial charge in [-0.3, -0.25) is 0 Å². The minimum absolute atomic E-state index is 0.270. The molecule has 110 valence electrons. The number of aromatic nitrogens is 2. The van der Waals surface area contributed by atoms with Crippen LogP contribution in [0, 0.1) is 13.8 Å². The number of aryl methyl sites for hydroxylation is 1. The average molecular weight is 287 g/mol. The lowest BCUT2D eigenvalue weighted by Crippen LogP contribution is -2.07. The molecule has 1 aromatic carbocycles. The Bertz CT molecular complexity index is 673. The Morgan fingerprint density at radius 3 is 2.90 bits per heavy atom.